The van der Waals surface area contributed by atoms with Crippen LogP contribution in [0.25, 0.3) is 10.9 Å². The van der Waals surface area contributed by atoms with Crippen LogP contribution in [0.1, 0.15) is 25.3 Å². The minimum atomic E-state index is 0.390. The number of ether oxygens (including phenoxy) is 1. The van der Waals surface area contributed by atoms with Crippen molar-refractivity contribution in [2.75, 3.05) is 13.7 Å². The van der Waals surface area contributed by atoms with Gasteiger partial charge in [0.1, 0.15) is 5.75 Å². The van der Waals surface area contributed by atoms with Crippen molar-refractivity contribution in [1.82, 2.24) is 4.57 Å². The van der Waals surface area contributed by atoms with Gasteiger partial charge in [-0.3, -0.25) is 0 Å². The van der Waals surface area contributed by atoms with Gasteiger partial charge in [-0.05, 0) is 36.2 Å². The van der Waals surface area contributed by atoms with E-state index in [4.69, 9.17) is 10.5 Å². The highest BCUT2D eigenvalue weighted by Gasteiger charge is 2.19. The highest BCUT2D eigenvalue weighted by atomic mass is 16.5. The molecule has 0 spiro atoms. The molecule has 98 valence electrons. The first-order chi connectivity index (χ1) is 8.58. The van der Waals surface area contributed by atoms with Gasteiger partial charge in [0.25, 0.3) is 0 Å². The fourth-order valence-corrected chi connectivity index (χ4v) is 2.58. The van der Waals surface area contributed by atoms with Crippen LogP contribution >= 0.6 is 0 Å². The Labute approximate surface area is 109 Å². The summed E-state index contributed by atoms with van der Waals surface area (Å²) < 4.78 is 7.48. The van der Waals surface area contributed by atoms with E-state index in [1.165, 1.54) is 16.5 Å². The van der Waals surface area contributed by atoms with E-state index in [9.17, 15) is 0 Å². The Morgan fingerprint density at radius 1 is 1.33 bits per heavy atom. The molecule has 1 unspecified atom stereocenters. The summed E-state index contributed by atoms with van der Waals surface area (Å²) in [6, 6.07) is 6.21. The topological polar surface area (TPSA) is 40.2 Å². The van der Waals surface area contributed by atoms with E-state index in [1.807, 2.05) is 6.07 Å². The molecule has 1 atom stereocenters. The third kappa shape index (κ3) is 2.10. The second-order valence-corrected chi connectivity index (χ2v) is 5.16. The number of aromatic nitrogens is 1. The zero-order valence-electron chi connectivity index (χ0n) is 11.6. The van der Waals surface area contributed by atoms with Crippen LogP contribution in [0.2, 0.25) is 0 Å². The first kappa shape index (κ1) is 13.0. The summed E-state index contributed by atoms with van der Waals surface area (Å²) in [5.74, 6) is 1.82. The quantitative estimate of drug-likeness (QED) is 0.901. The van der Waals surface area contributed by atoms with E-state index in [2.05, 4.69) is 43.8 Å². The largest absolute Gasteiger partial charge is 0.497 e. The third-order valence-electron chi connectivity index (χ3n) is 3.69. The number of benzene rings is 1. The fourth-order valence-electron chi connectivity index (χ4n) is 2.58. The van der Waals surface area contributed by atoms with Gasteiger partial charge in [0.2, 0.25) is 0 Å². The van der Waals surface area contributed by atoms with Crippen molar-refractivity contribution >= 4 is 10.9 Å². The average Bonchev–Trinajstić information content (AvgIpc) is 2.67. The Morgan fingerprint density at radius 3 is 2.61 bits per heavy atom. The van der Waals surface area contributed by atoms with Crippen LogP contribution < -0.4 is 10.5 Å². The van der Waals surface area contributed by atoms with Crippen molar-refractivity contribution in [3.05, 3.63) is 30.0 Å². The highest BCUT2D eigenvalue weighted by Crippen LogP contribution is 2.33. The predicted molar refractivity (Wildman–Crippen MR) is 76.1 cm³/mol. The molecular weight excluding hydrogens is 224 g/mol. The number of nitrogens with zero attached hydrogens (tertiary/aromatic N) is 1. The zero-order valence-corrected chi connectivity index (χ0v) is 11.6. The Morgan fingerprint density at radius 2 is 2.06 bits per heavy atom. The number of aryl methyl sites for hydroxylation is 1. The van der Waals surface area contributed by atoms with Gasteiger partial charge < -0.3 is 15.0 Å². The summed E-state index contributed by atoms with van der Waals surface area (Å²) in [7, 11) is 3.78. The van der Waals surface area contributed by atoms with Gasteiger partial charge in [0.15, 0.2) is 0 Å². The molecule has 1 aromatic heterocycles. The lowest BCUT2D eigenvalue weighted by molar-refractivity contribution is 0.415. The molecule has 0 aliphatic rings. The standard InChI is InChI=1S/C15H22N2O/c1-10(2)13(8-16)14-9-17(3)15-6-5-11(18-4)7-12(14)15/h5-7,9-10,13H,8,16H2,1-4H3. The Bertz CT molecular complexity index is 543. The van der Waals surface area contributed by atoms with E-state index in [0.717, 1.165) is 5.75 Å². The lowest BCUT2D eigenvalue weighted by Crippen LogP contribution is -2.17. The molecule has 0 aliphatic heterocycles. The molecule has 18 heavy (non-hydrogen) atoms. The van der Waals surface area contributed by atoms with Crippen LogP contribution in [0, 0.1) is 5.92 Å². The number of hydrogen-bond acceptors (Lipinski definition) is 2. The number of rotatable bonds is 4. The minimum absolute atomic E-state index is 0.390. The summed E-state index contributed by atoms with van der Waals surface area (Å²) in [5, 5.41) is 1.25. The number of methoxy groups -OCH3 is 1. The van der Waals surface area contributed by atoms with E-state index < -0.39 is 0 Å². The molecule has 3 nitrogen and oxygen atoms in total. The van der Waals surface area contributed by atoms with Crippen LogP contribution in [-0.2, 0) is 7.05 Å². The first-order valence-electron chi connectivity index (χ1n) is 6.41. The summed E-state index contributed by atoms with van der Waals surface area (Å²) in [6.45, 7) is 5.11. The van der Waals surface area contributed by atoms with Crippen LogP contribution in [0.15, 0.2) is 24.4 Å². The van der Waals surface area contributed by atoms with Gasteiger partial charge in [-0.15, -0.1) is 0 Å². The molecule has 1 aromatic carbocycles. The number of hydrogen-bond donors (Lipinski definition) is 1. The van der Waals surface area contributed by atoms with E-state index in [-0.39, 0.29) is 0 Å². The van der Waals surface area contributed by atoms with Gasteiger partial charge in [-0.2, -0.15) is 0 Å². The normalized spacial score (nSPS) is 13.2. The van der Waals surface area contributed by atoms with E-state index in [0.29, 0.717) is 18.4 Å². The monoisotopic (exact) mass is 246 g/mol. The van der Waals surface area contributed by atoms with Crippen molar-refractivity contribution in [3.8, 4) is 5.75 Å². The lowest BCUT2D eigenvalue weighted by atomic mass is 9.88. The summed E-state index contributed by atoms with van der Waals surface area (Å²) in [6.07, 6.45) is 2.20. The summed E-state index contributed by atoms with van der Waals surface area (Å²) in [4.78, 5) is 0. The minimum Gasteiger partial charge on any atom is -0.497 e. The maximum atomic E-state index is 5.94. The van der Waals surface area contributed by atoms with Crippen molar-refractivity contribution < 1.29 is 4.74 Å². The maximum Gasteiger partial charge on any atom is 0.119 e. The molecule has 0 fully saturated rings. The van der Waals surface area contributed by atoms with Crippen LogP contribution in [0.5, 0.6) is 5.75 Å². The number of fused-ring (bicyclic) bond motifs is 1. The molecule has 2 aromatic rings. The first-order valence-corrected chi connectivity index (χ1v) is 6.41. The van der Waals surface area contributed by atoms with Gasteiger partial charge in [0.05, 0.1) is 7.11 Å². The van der Waals surface area contributed by atoms with Crippen LogP contribution in [0.3, 0.4) is 0 Å². The van der Waals surface area contributed by atoms with E-state index in [1.54, 1.807) is 7.11 Å². The Kier molecular flexibility index (Phi) is 3.62. The molecule has 0 bridgehead atoms. The second kappa shape index (κ2) is 5.02. The van der Waals surface area contributed by atoms with Crippen LogP contribution in [0.4, 0.5) is 0 Å². The van der Waals surface area contributed by atoms with Crippen molar-refractivity contribution in [2.24, 2.45) is 18.7 Å². The van der Waals surface area contributed by atoms with Gasteiger partial charge in [-0.1, -0.05) is 13.8 Å². The SMILES string of the molecule is COc1ccc2c(c1)c(C(CN)C(C)C)cn2C. The molecule has 0 aliphatic carbocycles. The molecule has 2 N–H and O–H groups in total. The molecule has 0 amide bonds. The molecular formula is C15H22N2O. The molecule has 2 rings (SSSR count). The molecule has 0 saturated carbocycles. The van der Waals surface area contributed by atoms with Crippen LogP contribution in [-0.4, -0.2) is 18.2 Å². The highest BCUT2D eigenvalue weighted by molar-refractivity contribution is 5.86. The van der Waals surface area contributed by atoms with Gasteiger partial charge in [0, 0.05) is 30.1 Å². The smallest absolute Gasteiger partial charge is 0.119 e. The summed E-state index contributed by atoms with van der Waals surface area (Å²) in [5.41, 5.74) is 8.49. The van der Waals surface area contributed by atoms with Gasteiger partial charge in [-0.25, -0.2) is 0 Å². The van der Waals surface area contributed by atoms with Crippen molar-refractivity contribution in [1.29, 1.82) is 0 Å². The average molecular weight is 246 g/mol. The second-order valence-electron chi connectivity index (χ2n) is 5.16. The molecule has 0 radical (unpaired) electrons. The van der Waals surface area contributed by atoms with Crippen molar-refractivity contribution in [2.45, 2.75) is 19.8 Å². The third-order valence-corrected chi connectivity index (χ3v) is 3.69. The molecule has 0 saturated heterocycles. The lowest BCUT2D eigenvalue weighted by Gasteiger charge is -2.18. The zero-order chi connectivity index (χ0) is 13.3. The molecule has 1 heterocycles. The van der Waals surface area contributed by atoms with Gasteiger partial charge >= 0.3 is 0 Å². The summed E-state index contributed by atoms with van der Waals surface area (Å²) >= 11 is 0. The van der Waals surface area contributed by atoms with Crippen molar-refractivity contribution in [3.63, 3.8) is 0 Å². The number of nitrogens with two attached hydrogens (primary N) is 1. The Balaban J connectivity index is 2.62. The predicted octanol–water partition coefficient (Wildman–Crippen LogP) is 2.89. The Hall–Kier alpha value is -1.48. The molecule has 3 heteroatoms. The maximum absolute atomic E-state index is 5.94. The van der Waals surface area contributed by atoms with E-state index >= 15 is 0 Å². The fraction of sp³-hybridized carbons (Fsp3) is 0.467.